The molecule has 1 atom stereocenters. The zero-order valence-corrected chi connectivity index (χ0v) is 9.36. The third-order valence-electron chi connectivity index (χ3n) is 2.92. The highest BCUT2D eigenvalue weighted by atomic mass is 15.1. The summed E-state index contributed by atoms with van der Waals surface area (Å²) in [6.07, 6.45) is 2.63. The number of fused-ring (bicyclic) bond motifs is 1. The van der Waals surface area contributed by atoms with Crippen LogP contribution in [0.15, 0.2) is 18.5 Å². The maximum absolute atomic E-state index is 4.34. The summed E-state index contributed by atoms with van der Waals surface area (Å²) in [5, 5.41) is 7.98. The summed E-state index contributed by atoms with van der Waals surface area (Å²) in [5.74, 6) is 0.518. The number of hydrogen-bond donors (Lipinski definition) is 0. The molecule has 0 aliphatic rings. The van der Waals surface area contributed by atoms with Gasteiger partial charge in [0.2, 0.25) is 0 Å². The lowest BCUT2D eigenvalue weighted by molar-refractivity contribution is 0.736. The Bertz CT molecular complexity index is 479. The predicted octanol–water partition coefficient (Wildman–Crippen LogP) is 2.85. The van der Waals surface area contributed by atoms with Gasteiger partial charge < -0.3 is 0 Å². The predicted molar refractivity (Wildman–Crippen MR) is 60.8 cm³/mol. The second-order valence-electron chi connectivity index (χ2n) is 3.94. The van der Waals surface area contributed by atoms with Crippen molar-refractivity contribution in [3.63, 3.8) is 0 Å². The van der Waals surface area contributed by atoms with Crippen molar-refractivity contribution in [2.75, 3.05) is 0 Å². The standard InChI is InChI=1S/C12H15N3/c1-4-8(2)10-6-5-9(3)11-12(10)13-7-14-15-11/h5-8H,4H2,1-3H3. The summed E-state index contributed by atoms with van der Waals surface area (Å²) in [6, 6.07) is 4.25. The quantitative estimate of drug-likeness (QED) is 0.750. The fraction of sp³-hybridized carbons (Fsp3) is 0.417. The van der Waals surface area contributed by atoms with Gasteiger partial charge in [-0.05, 0) is 30.4 Å². The van der Waals surface area contributed by atoms with Gasteiger partial charge in [-0.25, -0.2) is 4.98 Å². The molecule has 1 heterocycles. The fourth-order valence-corrected chi connectivity index (χ4v) is 1.74. The average molecular weight is 201 g/mol. The first kappa shape index (κ1) is 10.0. The van der Waals surface area contributed by atoms with E-state index in [-0.39, 0.29) is 0 Å². The summed E-state index contributed by atoms with van der Waals surface area (Å²) in [4.78, 5) is 4.34. The van der Waals surface area contributed by atoms with E-state index in [1.165, 1.54) is 11.9 Å². The maximum Gasteiger partial charge on any atom is 0.138 e. The fourth-order valence-electron chi connectivity index (χ4n) is 1.74. The van der Waals surface area contributed by atoms with Crippen LogP contribution >= 0.6 is 0 Å². The number of nitrogens with zero attached hydrogens (tertiary/aromatic N) is 3. The monoisotopic (exact) mass is 201 g/mol. The van der Waals surface area contributed by atoms with E-state index in [1.807, 2.05) is 6.92 Å². The molecule has 1 aromatic heterocycles. The normalized spacial score (nSPS) is 13.0. The molecule has 0 spiro atoms. The Morgan fingerprint density at radius 2 is 2.07 bits per heavy atom. The molecule has 1 aromatic carbocycles. The summed E-state index contributed by atoms with van der Waals surface area (Å²) >= 11 is 0. The Morgan fingerprint density at radius 1 is 1.27 bits per heavy atom. The number of hydrogen-bond acceptors (Lipinski definition) is 3. The molecular weight excluding hydrogens is 186 g/mol. The maximum atomic E-state index is 4.34. The Hall–Kier alpha value is -1.51. The molecule has 0 saturated carbocycles. The lowest BCUT2D eigenvalue weighted by Gasteiger charge is -2.11. The van der Waals surface area contributed by atoms with E-state index < -0.39 is 0 Å². The highest BCUT2D eigenvalue weighted by Crippen LogP contribution is 2.26. The number of rotatable bonds is 2. The van der Waals surface area contributed by atoms with Crippen LogP contribution in [0, 0.1) is 6.92 Å². The minimum atomic E-state index is 0.518. The second-order valence-corrected chi connectivity index (χ2v) is 3.94. The van der Waals surface area contributed by atoms with Crippen molar-refractivity contribution in [2.24, 2.45) is 0 Å². The third-order valence-corrected chi connectivity index (χ3v) is 2.92. The van der Waals surface area contributed by atoms with Crippen LogP contribution in [0.25, 0.3) is 11.0 Å². The van der Waals surface area contributed by atoms with Gasteiger partial charge in [-0.15, -0.1) is 10.2 Å². The molecular formula is C12H15N3. The molecule has 0 aliphatic carbocycles. The van der Waals surface area contributed by atoms with Gasteiger partial charge in [-0.1, -0.05) is 26.0 Å². The van der Waals surface area contributed by atoms with Crippen molar-refractivity contribution in [2.45, 2.75) is 33.1 Å². The van der Waals surface area contributed by atoms with Crippen LogP contribution < -0.4 is 0 Å². The minimum absolute atomic E-state index is 0.518. The van der Waals surface area contributed by atoms with Gasteiger partial charge in [0.1, 0.15) is 11.8 Å². The molecule has 2 rings (SSSR count). The molecule has 0 radical (unpaired) electrons. The van der Waals surface area contributed by atoms with Gasteiger partial charge in [-0.2, -0.15) is 0 Å². The Balaban J connectivity index is 2.71. The van der Waals surface area contributed by atoms with E-state index in [2.05, 4.69) is 41.2 Å². The van der Waals surface area contributed by atoms with Gasteiger partial charge in [0.05, 0.1) is 5.52 Å². The van der Waals surface area contributed by atoms with E-state index in [0.29, 0.717) is 5.92 Å². The van der Waals surface area contributed by atoms with Crippen LogP contribution in [0.2, 0.25) is 0 Å². The molecule has 15 heavy (non-hydrogen) atoms. The van der Waals surface area contributed by atoms with Crippen molar-refractivity contribution < 1.29 is 0 Å². The molecule has 78 valence electrons. The lowest BCUT2D eigenvalue weighted by atomic mass is 9.96. The molecule has 0 bridgehead atoms. The second kappa shape index (κ2) is 3.93. The van der Waals surface area contributed by atoms with Crippen LogP contribution in [-0.4, -0.2) is 15.2 Å². The first-order chi connectivity index (χ1) is 7.24. The van der Waals surface area contributed by atoms with E-state index in [1.54, 1.807) is 0 Å². The molecule has 0 saturated heterocycles. The minimum Gasteiger partial charge on any atom is -0.232 e. The van der Waals surface area contributed by atoms with Crippen LogP contribution in [-0.2, 0) is 0 Å². The Kier molecular flexibility index (Phi) is 2.62. The van der Waals surface area contributed by atoms with E-state index in [4.69, 9.17) is 0 Å². The molecule has 1 unspecified atom stereocenters. The topological polar surface area (TPSA) is 38.7 Å². The van der Waals surface area contributed by atoms with E-state index in [9.17, 15) is 0 Å². The third kappa shape index (κ3) is 1.69. The molecule has 2 aromatic rings. The number of aryl methyl sites for hydroxylation is 1. The molecule has 0 fully saturated rings. The molecule has 0 N–H and O–H groups in total. The highest BCUT2D eigenvalue weighted by molar-refractivity contribution is 5.80. The average Bonchev–Trinajstić information content (AvgIpc) is 2.29. The van der Waals surface area contributed by atoms with Crippen molar-refractivity contribution >= 4 is 11.0 Å². The van der Waals surface area contributed by atoms with Crippen LogP contribution in [0.5, 0.6) is 0 Å². The molecule has 0 aliphatic heterocycles. The van der Waals surface area contributed by atoms with E-state index in [0.717, 1.165) is 23.0 Å². The first-order valence-electron chi connectivity index (χ1n) is 5.31. The van der Waals surface area contributed by atoms with Crippen LogP contribution in [0.1, 0.15) is 37.3 Å². The smallest absolute Gasteiger partial charge is 0.138 e. The zero-order chi connectivity index (χ0) is 10.8. The molecule has 0 amide bonds. The van der Waals surface area contributed by atoms with Crippen molar-refractivity contribution in [1.29, 1.82) is 0 Å². The first-order valence-corrected chi connectivity index (χ1v) is 5.31. The summed E-state index contributed by atoms with van der Waals surface area (Å²) < 4.78 is 0. The van der Waals surface area contributed by atoms with Crippen molar-refractivity contribution in [3.05, 3.63) is 29.6 Å². The van der Waals surface area contributed by atoms with Crippen molar-refractivity contribution in [1.82, 2.24) is 15.2 Å². The highest BCUT2D eigenvalue weighted by Gasteiger charge is 2.10. The Labute approximate surface area is 89.6 Å². The Morgan fingerprint density at radius 3 is 2.80 bits per heavy atom. The summed E-state index contributed by atoms with van der Waals surface area (Å²) in [6.45, 7) is 6.44. The van der Waals surface area contributed by atoms with Gasteiger partial charge in [0.25, 0.3) is 0 Å². The van der Waals surface area contributed by atoms with Gasteiger partial charge in [-0.3, -0.25) is 0 Å². The zero-order valence-electron chi connectivity index (χ0n) is 9.36. The summed E-state index contributed by atoms with van der Waals surface area (Å²) in [5.41, 5.74) is 4.33. The van der Waals surface area contributed by atoms with Crippen LogP contribution in [0.3, 0.4) is 0 Å². The lowest BCUT2D eigenvalue weighted by Crippen LogP contribution is -1.98. The number of aromatic nitrogens is 3. The van der Waals surface area contributed by atoms with Gasteiger partial charge in [0, 0.05) is 0 Å². The molecule has 3 nitrogen and oxygen atoms in total. The van der Waals surface area contributed by atoms with Crippen molar-refractivity contribution in [3.8, 4) is 0 Å². The SMILES string of the molecule is CCC(C)c1ccc(C)c2nncnc12. The van der Waals surface area contributed by atoms with Gasteiger partial charge >= 0.3 is 0 Å². The largest absolute Gasteiger partial charge is 0.232 e. The summed E-state index contributed by atoms with van der Waals surface area (Å²) in [7, 11) is 0. The number of benzene rings is 1. The van der Waals surface area contributed by atoms with E-state index >= 15 is 0 Å². The van der Waals surface area contributed by atoms with Crippen LogP contribution in [0.4, 0.5) is 0 Å². The molecule has 3 heteroatoms. The van der Waals surface area contributed by atoms with Gasteiger partial charge in [0.15, 0.2) is 0 Å².